The average molecular weight is 166 g/mol. The summed E-state index contributed by atoms with van der Waals surface area (Å²) >= 11 is 0. The van der Waals surface area contributed by atoms with Gasteiger partial charge < -0.3 is 0 Å². The Bertz CT molecular complexity index is 190. The maximum absolute atomic E-state index is 2.52. The quantitative estimate of drug-likeness (QED) is 0.512. The predicted molar refractivity (Wildman–Crippen MR) is 53.0 cm³/mol. The number of hydrogen-bond acceptors (Lipinski definition) is 0. The second kappa shape index (κ2) is 2.27. The van der Waals surface area contributed by atoms with Gasteiger partial charge in [0.2, 0.25) is 0 Å². The maximum Gasteiger partial charge on any atom is -0.0246 e. The Kier molecular flexibility index (Phi) is 1.63. The minimum Gasteiger partial charge on any atom is -0.0620 e. The van der Waals surface area contributed by atoms with Crippen molar-refractivity contribution in [3.05, 3.63) is 0 Å². The highest BCUT2D eigenvalue weighted by atomic mass is 14.6. The monoisotopic (exact) mass is 166 g/mol. The number of rotatable bonds is 0. The van der Waals surface area contributed by atoms with Crippen LogP contribution in [0, 0.1) is 22.7 Å². The predicted octanol–water partition coefficient (Wildman–Crippen LogP) is 3.86. The van der Waals surface area contributed by atoms with Crippen molar-refractivity contribution in [1.29, 1.82) is 0 Å². The van der Waals surface area contributed by atoms with E-state index >= 15 is 0 Å². The lowest BCUT2D eigenvalue weighted by Gasteiger charge is -2.50. The summed E-state index contributed by atoms with van der Waals surface area (Å²) in [6.07, 6.45) is 5.94. The molecular formula is C12H22. The molecule has 0 heterocycles. The summed E-state index contributed by atoms with van der Waals surface area (Å²) in [5, 5.41) is 0. The van der Waals surface area contributed by atoms with Crippen LogP contribution in [0.4, 0.5) is 0 Å². The van der Waals surface area contributed by atoms with Gasteiger partial charge in [-0.15, -0.1) is 0 Å². The van der Waals surface area contributed by atoms with Gasteiger partial charge in [-0.2, -0.15) is 0 Å². The van der Waals surface area contributed by atoms with Crippen LogP contribution >= 0.6 is 0 Å². The van der Waals surface area contributed by atoms with Crippen molar-refractivity contribution in [3.8, 4) is 0 Å². The Hall–Kier alpha value is 0. The molecule has 0 amide bonds. The first-order chi connectivity index (χ1) is 5.48. The molecule has 0 N–H and O–H groups in total. The molecular weight excluding hydrogens is 144 g/mol. The third kappa shape index (κ3) is 0.791. The molecule has 0 heteroatoms. The van der Waals surface area contributed by atoms with Crippen LogP contribution in [0.2, 0.25) is 0 Å². The van der Waals surface area contributed by atoms with Crippen LogP contribution in [-0.4, -0.2) is 0 Å². The molecule has 2 saturated carbocycles. The summed E-state index contributed by atoms with van der Waals surface area (Å²) in [5.74, 6) is 1.98. The summed E-state index contributed by atoms with van der Waals surface area (Å²) in [5.41, 5.74) is 1.26. The van der Waals surface area contributed by atoms with Crippen molar-refractivity contribution in [3.63, 3.8) is 0 Å². The van der Waals surface area contributed by atoms with Gasteiger partial charge in [-0.05, 0) is 48.3 Å². The van der Waals surface area contributed by atoms with E-state index in [9.17, 15) is 0 Å². The van der Waals surface area contributed by atoms with E-state index in [1.165, 1.54) is 25.7 Å². The molecule has 0 aromatic heterocycles. The van der Waals surface area contributed by atoms with E-state index in [-0.39, 0.29) is 0 Å². The molecule has 0 aromatic rings. The van der Waals surface area contributed by atoms with Crippen molar-refractivity contribution < 1.29 is 0 Å². The minimum absolute atomic E-state index is 0.616. The second-order valence-corrected chi connectivity index (χ2v) is 5.85. The van der Waals surface area contributed by atoms with E-state index in [0.29, 0.717) is 10.8 Å². The molecule has 2 bridgehead atoms. The van der Waals surface area contributed by atoms with E-state index in [0.717, 1.165) is 11.8 Å². The maximum atomic E-state index is 2.52. The van der Waals surface area contributed by atoms with Gasteiger partial charge in [0.1, 0.15) is 0 Å². The lowest BCUT2D eigenvalue weighted by Crippen LogP contribution is -2.42. The topological polar surface area (TPSA) is 0 Å². The Balaban J connectivity index is 2.37. The Morgan fingerprint density at radius 2 is 1.67 bits per heavy atom. The highest BCUT2D eigenvalue weighted by Crippen LogP contribution is 2.64. The lowest BCUT2D eigenvalue weighted by molar-refractivity contribution is -0.00986. The van der Waals surface area contributed by atoms with Crippen molar-refractivity contribution >= 4 is 0 Å². The SMILES string of the molecule is C[C@@H]1CC[C@@H]2CCC1(C)C2(C)C. The van der Waals surface area contributed by atoms with Gasteiger partial charge in [0.25, 0.3) is 0 Å². The van der Waals surface area contributed by atoms with Gasteiger partial charge in [-0.3, -0.25) is 0 Å². The fourth-order valence-corrected chi connectivity index (χ4v) is 3.78. The lowest BCUT2D eigenvalue weighted by atomic mass is 9.55. The first-order valence-electron chi connectivity index (χ1n) is 5.48. The second-order valence-electron chi connectivity index (χ2n) is 5.85. The van der Waals surface area contributed by atoms with Gasteiger partial charge in [0.05, 0.1) is 0 Å². The molecule has 2 aliphatic carbocycles. The van der Waals surface area contributed by atoms with Crippen molar-refractivity contribution in [2.75, 3.05) is 0 Å². The first-order valence-corrected chi connectivity index (χ1v) is 5.48. The van der Waals surface area contributed by atoms with E-state index in [2.05, 4.69) is 27.7 Å². The van der Waals surface area contributed by atoms with Gasteiger partial charge in [-0.1, -0.05) is 27.7 Å². The third-order valence-corrected chi connectivity index (χ3v) is 5.54. The Morgan fingerprint density at radius 3 is 2.25 bits per heavy atom. The van der Waals surface area contributed by atoms with Gasteiger partial charge >= 0.3 is 0 Å². The molecule has 0 spiro atoms. The van der Waals surface area contributed by atoms with Crippen molar-refractivity contribution in [1.82, 2.24) is 0 Å². The van der Waals surface area contributed by atoms with E-state index in [1.54, 1.807) is 0 Å². The zero-order valence-electron chi connectivity index (χ0n) is 8.98. The largest absolute Gasteiger partial charge is 0.0620 e. The molecule has 0 aromatic carbocycles. The highest BCUT2D eigenvalue weighted by molar-refractivity contribution is 5.05. The van der Waals surface area contributed by atoms with Crippen LogP contribution in [0.25, 0.3) is 0 Å². The molecule has 0 aliphatic heterocycles. The molecule has 0 nitrogen and oxygen atoms in total. The van der Waals surface area contributed by atoms with Gasteiger partial charge in [-0.25, -0.2) is 0 Å². The van der Waals surface area contributed by atoms with Crippen LogP contribution in [0.15, 0.2) is 0 Å². The number of hydrogen-bond donors (Lipinski definition) is 0. The first kappa shape index (κ1) is 8.59. The van der Waals surface area contributed by atoms with Crippen LogP contribution in [-0.2, 0) is 0 Å². The fraction of sp³-hybridized carbons (Fsp3) is 1.00. The molecule has 2 fully saturated rings. The van der Waals surface area contributed by atoms with Gasteiger partial charge in [0, 0.05) is 0 Å². The summed E-state index contributed by atoms with van der Waals surface area (Å²) in [6.45, 7) is 9.99. The van der Waals surface area contributed by atoms with Crippen LogP contribution in [0.3, 0.4) is 0 Å². The molecule has 12 heavy (non-hydrogen) atoms. The van der Waals surface area contributed by atoms with E-state index in [1.807, 2.05) is 0 Å². The number of fused-ring (bicyclic) bond motifs is 2. The van der Waals surface area contributed by atoms with Crippen LogP contribution in [0.1, 0.15) is 53.4 Å². The summed E-state index contributed by atoms with van der Waals surface area (Å²) in [6, 6.07) is 0. The third-order valence-electron chi connectivity index (χ3n) is 5.54. The standard InChI is InChI=1S/C12H22/c1-9-5-6-10-7-8-12(9,4)11(10,2)3/h9-10H,5-8H2,1-4H3/t9-,10-,12?/m1/s1. The van der Waals surface area contributed by atoms with Crippen LogP contribution in [0.5, 0.6) is 0 Å². The minimum atomic E-state index is 0.616. The van der Waals surface area contributed by atoms with Gasteiger partial charge in [0.15, 0.2) is 0 Å². The zero-order valence-corrected chi connectivity index (χ0v) is 8.98. The molecule has 70 valence electrons. The Morgan fingerprint density at radius 1 is 1.00 bits per heavy atom. The summed E-state index contributed by atoms with van der Waals surface area (Å²) in [7, 11) is 0. The molecule has 0 radical (unpaired) electrons. The van der Waals surface area contributed by atoms with Crippen LogP contribution < -0.4 is 0 Å². The molecule has 2 aliphatic rings. The summed E-state index contributed by atoms with van der Waals surface area (Å²) in [4.78, 5) is 0. The van der Waals surface area contributed by atoms with Crippen molar-refractivity contribution in [2.45, 2.75) is 53.4 Å². The molecule has 2 rings (SSSR count). The van der Waals surface area contributed by atoms with E-state index < -0.39 is 0 Å². The fourth-order valence-electron chi connectivity index (χ4n) is 3.78. The Labute approximate surface area is 76.7 Å². The smallest absolute Gasteiger partial charge is 0.0246 e. The molecule has 0 saturated heterocycles. The normalized spacial score (nSPS) is 51.0. The van der Waals surface area contributed by atoms with E-state index in [4.69, 9.17) is 0 Å². The zero-order chi connectivity index (χ0) is 8.98. The molecule has 3 atom stereocenters. The van der Waals surface area contributed by atoms with Crippen molar-refractivity contribution in [2.24, 2.45) is 22.7 Å². The average Bonchev–Trinajstić information content (AvgIpc) is 2.17. The summed E-state index contributed by atoms with van der Waals surface area (Å²) < 4.78 is 0. The molecule has 1 unspecified atom stereocenters. The highest BCUT2D eigenvalue weighted by Gasteiger charge is 2.56.